The molecule has 1 atom stereocenters. The summed E-state index contributed by atoms with van der Waals surface area (Å²) in [6, 6.07) is 0.372. The summed E-state index contributed by atoms with van der Waals surface area (Å²) in [7, 11) is 2.14. The first-order chi connectivity index (χ1) is 13.9. The van der Waals surface area contributed by atoms with Crippen LogP contribution in [0.1, 0.15) is 61.5 Å². The predicted octanol–water partition coefficient (Wildman–Crippen LogP) is 2.15. The second kappa shape index (κ2) is 8.09. The molecule has 0 unspecified atom stereocenters. The number of aromatic nitrogens is 2. The summed E-state index contributed by atoms with van der Waals surface area (Å²) >= 11 is 0. The summed E-state index contributed by atoms with van der Waals surface area (Å²) in [6.45, 7) is 9.47. The van der Waals surface area contributed by atoms with Crippen molar-refractivity contribution in [1.82, 2.24) is 24.5 Å². The highest BCUT2D eigenvalue weighted by Crippen LogP contribution is 2.41. The number of likely N-dealkylation sites (N-methyl/N-ethyl adjacent to an activating group) is 1. The van der Waals surface area contributed by atoms with Crippen LogP contribution in [0.5, 0.6) is 0 Å². The molecule has 4 heterocycles. The van der Waals surface area contributed by atoms with Crippen molar-refractivity contribution >= 4 is 11.8 Å². The first-order valence-corrected chi connectivity index (χ1v) is 11.2. The molecule has 2 amide bonds. The monoisotopic (exact) mass is 401 g/mol. The minimum Gasteiger partial charge on any atom is -0.338 e. The van der Waals surface area contributed by atoms with Crippen LogP contribution in [0.15, 0.2) is 6.20 Å². The number of carbonyl (C=O) groups excluding carboxylic acids is 2. The van der Waals surface area contributed by atoms with E-state index in [1.807, 2.05) is 16.5 Å². The fourth-order valence-corrected chi connectivity index (χ4v) is 5.40. The van der Waals surface area contributed by atoms with Crippen molar-refractivity contribution in [1.29, 1.82) is 0 Å². The number of nitrogens with zero attached hydrogens (tertiary/aromatic N) is 5. The fourth-order valence-electron chi connectivity index (χ4n) is 5.40. The fraction of sp³-hybridized carbons (Fsp3) is 0.773. The first-order valence-electron chi connectivity index (χ1n) is 11.2. The number of rotatable bonds is 4. The molecule has 3 fully saturated rings. The number of likely N-dealkylation sites (tertiary alicyclic amines) is 3. The highest BCUT2D eigenvalue weighted by Gasteiger charge is 2.44. The zero-order valence-electron chi connectivity index (χ0n) is 18.2. The van der Waals surface area contributed by atoms with Crippen molar-refractivity contribution in [2.24, 2.45) is 5.41 Å². The van der Waals surface area contributed by atoms with Gasteiger partial charge in [-0.25, -0.2) is 0 Å². The Hall–Kier alpha value is -1.89. The van der Waals surface area contributed by atoms with Gasteiger partial charge in [0.1, 0.15) is 0 Å². The second-order valence-corrected chi connectivity index (χ2v) is 9.39. The molecule has 0 radical (unpaired) electrons. The van der Waals surface area contributed by atoms with E-state index in [-0.39, 0.29) is 11.3 Å². The van der Waals surface area contributed by atoms with Crippen LogP contribution in [0.25, 0.3) is 0 Å². The van der Waals surface area contributed by atoms with E-state index in [0.717, 1.165) is 82.6 Å². The molecule has 7 nitrogen and oxygen atoms in total. The van der Waals surface area contributed by atoms with Crippen LogP contribution in [0.2, 0.25) is 0 Å². The van der Waals surface area contributed by atoms with Gasteiger partial charge in [-0.1, -0.05) is 6.92 Å². The van der Waals surface area contributed by atoms with Gasteiger partial charge in [0, 0.05) is 50.9 Å². The highest BCUT2D eigenvalue weighted by atomic mass is 16.2. The summed E-state index contributed by atoms with van der Waals surface area (Å²) < 4.78 is 1.93. The molecule has 1 spiro atoms. The summed E-state index contributed by atoms with van der Waals surface area (Å²) in [5.41, 5.74) is 1.90. The average Bonchev–Trinajstić information content (AvgIpc) is 3.30. The maximum atomic E-state index is 13.1. The maximum absolute atomic E-state index is 13.1. The molecule has 7 heteroatoms. The van der Waals surface area contributed by atoms with Gasteiger partial charge >= 0.3 is 0 Å². The number of amides is 2. The van der Waals surface area contributed by atoms with Gasteiger partial charge in [-0.05, 0) is 58.0 Å². The quantitative estimate of drug-likeness (QED) is 0.776. The molecule has 0 bridgehead atoms. The third kappa shape index (κ3) is 3.93. The van der Waals surface area contributed by atoms with Gasteiger partial charge in [0.25, 0.3) is 5.91 Å². The molecule has 29 heavy (non-hydrogen) atoms. The van der Waals surface area contributed by atoms with Gasteiger partial charge in [-0.2, -0.15) is 5.10 Å². The average molecular weight is 402 g/mol. The number of piperidine rings is 2. The van der Waals surface area contributed by atoms with Crippen LogP contribution in [-0.2, 0) is 11.3 Å². The van der Waals surface area contributed by atoms with Crippen molar-refractivity contribution in [3.63, 3.8) is 0 Å². The molecule has 0 saturated carbocycles. The lowest BCUT2D eigenvalue weighted by Crippen LogP contribution is -2.55. The van der Waals surface area contributed by atoms with Gasteiger partial charge in [0.05, 0.1) is 11.8 Å². The largest absolute Gasteiger partial charge is 0.338 e. The number of carbonyl (C=O) groups is 2. The normalized spacial score (nSPS) is 25.2. The molecular weight excluding hydrogens is 366 g/mol. The summed E-state index contributed by atoms with van der Waals surface area (Å²) in [5.74, 6) is 0.439. The van der Waals surface area contributed by atoms with Crippen LogP contribution < -0.4 is 0 Å². The van der Waals surface area contributed by atoms with Crippen LogP contribution in [0.3, 0.4) is 0 Å². The summed E-state index contributed by atoms with van der Waals surface area (Å²) in [4.78, 5) is 32.2. The molecule has 4 rings (SSSR count). The van der Waals surface area contributed by atoms with E-state index in [2.05, 4.69) is 28.9 Å². The molecule has 1 aromatic rings. The Kier molecular flexibility index (Phi) is 5.69. The summed E-state index contributed by atoms with van der Waals surface area (Å²) in [5, 5.41) is 4.39. The Morgan fingerprint density at radius 2 is 2.00 bits per heavy atom. The molecule has 160 valence electrons. The minimum absolute atomic E-state index is 0.112. The lowest BCUT2D eigenvalue weighted by atomic mass is 9.72. The van der Waals surface area contributed by atoms with Crippen LogP contribution in [-0.4, -0.2) is 82.1 Å². The topological polar surface area (TPSA) is 61.7 Å². The molecule has 1 aromatic heterocycles. The third-order valence-corrected chi connectivity index (χ3v) is 7.38. The zero-order chi connectivity index (χ0) is 20.6. The third-order valence-electron chi connectivity index (χ3n) is 7.38. The molecule has 3 saturated heterocycles. The zero-order valence-corrected chi connectivity index (χ0v) is 18.2. The van der Waals surface area contributed by atoms with Crippen molar-refractivity contribution in [2.75, 3.05) is 39.8 Å². The Bertz CT molecular complexity index is 765. The Labute approximate surface area is 174 Å². The number of hydrogen-bond donors (Lipinski definition) is 0. The van der Waals surface area contributed by atoms with Crippen molar-refractivity contribution in [3.05, 3.63) is 17.5 Å². The van der Waals surface area contributed by atoms with Crippen LogP contribution in [0.4, 0.5) is 0 Å². The molecule has 3 aliphatic heterocycles. The standard InChI is InChI=1S/C22H35N5O2/c1-4-10-27-17(2)19(14-23-27)21(29)25-12-8-22(9-13-25)7-5-20(28)26(16-22)18-6-11-24(3)15-18/h14,18H,4-13,15-16H2,1-3H3/t18-/m1/s1. The lowest BCUT2D eigenvalue weighted by Gasteiger charge is -2.49. The highest BCUT2D eigenvalue weighted by molar-refractivity contribution is 5.95. The molecular formula is C22H35N5O2. The van der Waals surface area contributed by atoms with Crippen LogP contribution in [0, 0.1) is 12.3 Å². The van der Waals surface area contributed by atoms with Gasteiger partial charge in [-0.3, -0.25) is 14.3 Å². The minimum atomic E-state index is 0.112. The van der Waals surface area contributed by atoms with Gasteiger partial charge in [0.15, 0.2) is 0 Å². The van der Waals surface area contributed by atoms with E-state index in [1.165, 1.54) is 0 Å². The lowest BCUT2D eigenvalue weighted by molar-refractivity contribution is -0.141. The summed E-state index contributed by atoms with van der Waals surface area (Å²) in [6.07, 6.45) is 7.45. The molecule has 3 aliphatic rings. The van der Waals surface area contributed by atoms with Crippen LogP contribution >= 0.6 is 0 Å². The van der Waals surface area contributed by atoms with Crippen molar-refractivity contribution in [3.8, 4) is 0 Å². The van der Waals surface area contributed by atoms with E-state index < -0.39 is 0 Å². The second-order valence-electron chi connectivity index (χ2n) is 9.39. The Morgan fingerprint density at radius 3 is 2.66 bits per heavy atom. The van der Waals surface area contributed by atoms with Crippen molar-refractivity contribution < 1.29 is 9.59 Å². The Morgan fingerprint density at radius 1 is 1.24 bits per heavy atom. The number of aryl methyl sites for hydroxylation is 1. The van der Waals surface area contributed by atoms with Gasteiger partial charge in [-0.15, -0.1) is 0 Å². The molecule has 0 aliphatic carbocycles. The van der Waals surface area contributed by atoms with Crippen molar-refractivity contribution in [2.45, 2.75) is 65.0 Å². The van der Waals surface area contributed by atoms with Gasteiger partial charge < -0.3 is 14.7 Å². The van der Waals surface area contributed by atoms with E-state index >= 15 is 0 Å². The molecule has 0 aromatic carbocycles. The van der Waals surface area contributed by atoms with Gasteiger partial charge in [0.2, 0.25) is 5.91 Å². The smallest absolute Gasteiger partial charge is 0.257 e. The first kappa shape index (κ1) is 20.4. The molecule has 0 N–H and O–H groups in total. The predicted molar refractivity (Wildman–Crippen MR) is 112 cm³/mol. The van der Waals surface area contributed by atoms with E-state index in [9.17, 15) is 9.59 Å². The maximum Gasteiger partial charge on any atom is 0.257 e. The van der Waals surface area contributed by atoms with E-state index in [4.69, 9.17) is 0 Å². The van der Waals surface area contributed by atoms with E-state index in [1.54, 1.807) is 6.20 Å². The number of hydrogen-bond acceptors (Lipinski definition) is 4. The van der Waals surface area contributed by atoms with E-state index in [0.29, 0.717) is 18.4 Å². The Balaban J connectivity index is 1.39. The SMILES string of the molecule is CCCn1ncc(C(=O)N2CCC3(CCC(=O)N([C@@H]4CCN(C)C4)C3)CC2)c1C.